The molecule has 0 aromatic carbocycles. The second-order valence-corrected chi connectivity index (χ2v) is 15.1. The average molecular weight is 523 g/mol. The van der Waals surface area contributed by atoms with Gasteiger partial charge in [0.15, 0.2) is 11.2 Å². The summed E-state index contributed by atoms with van der Waals surface area (Å²) in [6.07, 6.45) is 8.50. The van der Waals surface area contributed by atoms with Gasteiger partial charge in [-0.1, -0.05) is 41.5 Å². The van der Waals surface area contributed by atoms with Crippen LogP contribution in [0.25, 0.3) is 0 Å². The summed E-state index contributed by atoms with van der Waals surface area (Å²) in [5.41, 5.74) is -2.47. The number of aliphatic hydroxyl groups is 2. The van der Waals surface area contributed by atoms with Crippen LogP contribution in [0.1, 0.15) is 107 Å². The Labute approximate surface area is 222 Å². The Balaban J connectivity index is 0.000000133. The van der Waals surface area contributed by atoms with Gasteiger partial charge in [0.25, 0.3) is 0 Å². The van der Waals surface area contributed by atoms with Gasteiger partial charge in [-0.05, 0) is 88.9 Å². The predicted molar refractivity (Wildman–Crippen MR) is 138 cm³/mol. The minimum Gasteiger partial charge on any atom is -0.412 e. The summed E-state index contributed by atoms with van der Waals surface area (Å²) >= 11 is 0. The van der Waals surface area contributed by atoms with Crippen LogP contribution in [-0.4, -0.2) is 72.7 Å². The molecule has 37 heavy (non-hydrogen) atoms. The van der Waals surface area contributed by atoms with E-state index in [1.54, 1.807) is 0 Å². The van der Waals surface area contributed by atoms with Crippen molar-refractivity contribution < 1.29 is 34.6 Å². The van der Waals surface area contributed by atoms with E-state index in [1.165, 1.54) is 0 Å². The molecular weight excluding hydrogens is 472 g/mol. The van der Waals surface area contributed by atoms with E-state index >= 15 is 0 Å². The third kappa shape index (κ3) is 2.65. The first kappa shape index (κ1) is 26.9. The summed E-state index contributed by atoms with van der Waals surface area (Å²) in [5.74, 6) is 2.08. The van der Waals surface area contributed by atoms with E-state index in [1.807, 2.05) is 13.8 Å². The number of epoxide rings is 4. The van der Waals surface area contributed by atoms with Crippen LogP contribution >= 0.6 is 0 Å². The Morgan fingerprint density at radius 1 is 0.622 bits per heavy atom. The molecule has 8 fully saturated rings. The maximum absolute atomic E-state index is 10.8. The predicted octanol–water partition coefficient (Wildman–Crippen LogP) is 3.70. The Morgan fingerprint density at radius 3 is 1.30 bits per heavy atom. The van der Waals surface area contributed by atoms with Crippen LogP contribution in [0.4, 0.5) is 0 Å². The molecule has 7 heteroatoms. The molecule has 4 saturated heterocycles. The largest absolute Gasteiger partial charge is 0.412 e. The number of hydrogen-bond donors (Lipinski definition) is 2. The first-order valence-corrected chi connectivity index (χ1v) is 14.9. The third-order valence-electron chi connectivity index (χ3n) is 13.1. The molecule has 0 amide bonds. The second kappa shape index (κ2) is 7.13. The Hall–Kier alpha value is -0.280. The average Bonchev–Trinajstić information content (AvgIpc) is 3.66. The first-order chi connectivity index (χ1) is 16.6. The molecule has 0 spiro atoms. The minimum atomic E-state index is -0.715. The molecule has 0 bridgehead atoms. The topological polar surface area (TPSA) is 122 Å². The lowest BCUT2D eigenvalue weighted by Crippen LogP contribution is -2.48. The molecule has 12 atom stereocenters. The zero-order valence-electron chi connectivity index (χ0n) is 24.1. The molecule has 4 aliphatic heterocycles. The van der Waals surface area contributed by atoms with Crippen LogP contribution in [0.3, 0.4) is 0 Å². The van der Waals surface area contributed by atoms with Gasteiger partial charge in [0.2, 0.25) is 0 Å². The van der Waals surface area contributed by atoms with Gasteiger partial charge in [0.05, 0.1) is 11.2 Å². The van der Waals surface area contributed by atoms with Crippen LogP contribution in [-0.2, 0) is 18.9 Å². The van der Waals surface area contributed by atoms with E-state index in [0.717, 1.165) is 51.4 Å². The molecule has 0 unspecified atom stereocenters. The highest BCUT2D eigenvalue weighted by Crippen LogP contribution is 2.78. The summed E-state index contributed by atoms with van der Waals surface area (Å²) < 4.78 is 24.8. The maximum atomic E-state index is 10.8. The number of ether oxygens (including phenoxy) is 4. The zero-order valence-corrected chi connectivity index (χ0v) is 24.1. The van der Waals surface area contributed by atoms with Crippen molar-refractivity contribution in [2.24, 2.45) is 23.7 Å². The molecule has 4 N–H and O–H groups in total. The Morgan fingerprint density at radius 2 is 0.973 bits per heavy atom. The van der Waals surface area contributed by atoms with E-state index in [4.69, 9.17) is 18.9 Å². The van der Waals surface area contributed by atoms with Gasteiger partial charge in [0, 0.05) is 0 Å². The SMILES string of the molecule is CC(C)[C@@]12CC[C@H](C)[C@@]34CC[C@@](C)(O)[C@@]3(O4)[C@@H]1O2.CC(C)[C@@]12CC[C@H](C)[C@@]34CC[C@@](C)(O)[C@@]3(O4)[C@@H]1O2.O. The Bertz CT molecular complexity index is 916. The zero-order chi connectivity index (χ0) is 25.9. The molecule has 4 aliphatic carbocycles. The summed E-state index contributed by atoms with van der Waals surface area (Å²) in [4.78, 5) is 0. The molecule has 0 radical (unpaired) electrons. The molecule has 212 valence electrons. The van der Waals surface area contributed by atoms with Crippen molar-refractivity contribution in [2.45, 2.75) is 164 Å². The van der Waals surface area contributed by atoms with Crippen molar-refractivity contribution in [1.29, 1.82) is 0 Å². The van der Waals surface area contributed by atoms with Gasteiger partial charge >= 0.3 is 0 Å². The van der Waals surface area contributed by atoms with Crippen LogP contribution in [0, 0.1) is 23.7 Å². The quantitative estimate of drug-likeness (QED) is 0.533. The van der Waals surface area contributed by atoms with Crippen LogP contribution in [0.15, 0.2) is 0 Å². The third-order valence-corrected chi connectivity index (χ3v) is 13.1. The van der Waals surface area contributed by atoms with E-state index in [0.29, 0.717) is 23.7 Å². The summed E-state index contributed by atoms with van der Waals surface area (Å²) in [6.45, 7) is 17.4. The van der Waals surface area contributed by atoms with Crippen molar-refractivity contribution in [3.8, 4) is 0 Å². The van der Waals surface area contributed by atoms with E-state index in [-0.39, 0.29) is 40.1 Å². The van der Waals surface area contributed by atoms with E-state index < -0.39 is 22.4 Å². The van der Waals surface area contributed by atoms with Crippen molar-refractivity contribution in [1.82, 2.24) is 0 Å². The first-order valence-electron chi connectivity index (χ1n) is 14.9. The molecule has 4 saturated carbocycles. The molecule has 4 heterocycles. The highest BCUT2D eigenvalue weighted by Gasteiger charge is 2.93. The van der Waals surface area contributed by atoms with Crippen LogP contribution < -0.4 is 0 Å². The van der Waals surface area contributed by atoms with Crippen molar-refractivity contribution >= 4 is 0 Å². The lowest BCUT2D eigenvalue weighted by Gasteiger charge is -2.27. The van der Waals surface area contributed by atoms with E-state index in [2.05, 4.69) is 41.5 Å². The molecule has 8 rings (SSSR count). The normalized spacial score (nSPS) is 63.2. The van der Waals surface area contributed by atoms with E-state index in [9.17, 15) is 10.2 Å². The van der Waals surface area contributed by atoms with Gasteiger partial charge in [-0.3, -0.25) is 0 Å². The maximum Gasteiger partial charge on any atom is 0.155 e. The second-order valence-electron chi connectivity index (χ2n) is 15.1. The summed E-state index contributed by atoms with van der Waals surface area (Å²) in [6, 6.07) is 0. The van der Waals surface area contributed by atoms with Gasteiger partial charge < -0.3 is 34.6 Å². The number of rotatable bonds is 2. The molecule has 0 aromatic heterocycles. The molecular formula is C30H50O7. The highest BCUT2D eigenvalue weighted by molar-refractivity contribution is 5.41. The minimum absolute atomic E-state index is 0. The standard InChI is InChI=1S/2C15H24O3.H2O/c2*1-9(2)13-6-5-10(3)14-8-7-12(4,16)15(14,18-14)11(13)17-13;/h2*9-11,16H,5-8H2,1-4H3;1H2/t2*10-,11+,12+,13-,14-,15-;/m00./s1. The van der Waals surface area contributed by atoms with Gasteiger partial charge in [-0.15, -0.1) is 0 Å². The van der Waals surface area contributed by atoms with Gasteiger partial charge in [0.1, 0.15) is 34.6 Å². The molecule has 8 aliphatic rings. The lowest BCUT2D eigenvalue weighted by molar-refractivity contribution is -0.0397. The van der Waals surface area contributed by atoms with Gasteiger partial charge in [-0.2, -0.15) is 0 Å². The van der Waals surface area contributed by atoms with Crippen molar-refractivity contribution in [2.75, 3.05) is 0 Å². The van der Waals surface area contributed by atoms with Gasteiger partial charge in [-0.25, -0.2) is 0 Å². The smallest absolute Gasteiger partial charge is 0.155 e. The number of hydrogen-bond acceptors (Lipinski definition) is 6. The lowest BCUT2D eigenvalue weighted by atomic mass is 9.76. The fourth-order valence-corrected chi connectivity index (χ4v) is 10.3. The molecule has 0 aromatic rings. The fourth-order valence-electron chi connectivity index (χ4n) is 10.3. The highest BCUT2D eigenvalue weighted by atomic mass is 16.7. The summed E-state index contributed by atoms with van der Waals surface area (Å²) in [5, 5.41) is 21.6. The summed E-state index contributed by atoms with van der Waals surface area (Å²) in [7, 11) is 0. The number of fused-ring (bicyclic) bond motifs is 2. The van der Waals surface area contributed by atoms with Crippen LogP contribution in [0.2, 0.25) is 0 Å². The van der Waals surface area contributed by atoms with Crippen molar-refractivity contribution in [3.05, 3.63) is 0 Å². The fraction of sp³-hybridized carbons (Fsp3) is 1.00. The van der Waals surface area contributed by atoms with Crippen LogP contribution in [0.5, 0.6) is 0 Å². The Kier molecular flexibility index (Phi) is 5.19. The monoisotopic (exact) mass is 522 g/mol. The van der Waals surface area contributed by atoms with Crippen molar-refractivity contribution in [3.63, 3.8) is 0 Å². The molecule has 7 nitrogen and oxygen atoms in total.